The highest BCUT2D eigenvalue weighted by Crippen LogP contribution is 2.32. The van der Waals surface area contributed by atoms with Crippen molar-refractivity contribution in [2.75, 3.05) is 44.7 Å². The summed E-state index contributed by atoms with van der Waals surface area (Å²) in [6, 6.07) is 5.26. The van der Waals surface area contributed by atoms with E-state index in [1.165, 1.54) is 0 Å². The van der Waals surface area contributed by atoms with E-state index in [4.69, 9.17) is 15.9 Å². The fraction of sp³-hybridized carbons (Fsp3) is 0.412. The monoisotopic (exact) mass is 332 g/mol. The maximum absolute atomic E-state index is 12.2. The third kappa shape index (κ3) is 5.18. The highest BCUT2D eigenvalue weighted by atomic mass is 16.6. The van der Waals surface area contributed by atoms with Crippen LogP contribution >= 0.6 is 0 Å². The van der Waals surface area contributed by atoms with Gasteiger partial charge in [0.05, 0.1) is 13.1 Å². The second-order valence-electron chi connectivity index (χ2n) is 5.34. The Balaban J connectivity index is 1.87. The van der Waals surface area contributed by atoms with Gasteiger partial charge < -0.3 is 25.0 Å². The lowest BCUT2D eigenvalue weighted by Gasteiger charge is -2.19. The highest BCUT2D eigenvalue weighted by Gasteiger charge is 2.17. The van der Waals surface area contributed by atoms with Crippen molar-refractivity contribution in [1.29, 1.82) is 0 Å². The summed E-state index contributed by atoms with van der Waals surface area (Å²) in [5.41, 5.74) is 0.636. The van der Waals surface area contributed by atoms with E-state index in [9.17, 15) is 9.59 Å². The van der Waals surface area contributed by atoms with Gasteiger partial charge in [-0.15, -0.1) is 6.42 Å². The molecule has 7 heteroatoms. The zero-order chi connectivity index (χ0) is 17.4. The van der Waals surface area contributed by atoms with Crippen LogP contribution in [-0.2, 0) is 9.59 Å². The number of carbonyl (C=O) groups excluding carboxylic acids is 2. The average molecular weight is 332 g/mol. The Labute approximate surface area is 141 Å². The van der Waals surface area contributed by atoms with Crippen molar-refractivity contribution in [3.8, 4) is 23.8 Å². The number of hydrogen-bond donors (Lipinski definition) is 3. The molecule has 1 aliphatic rings. The van der Waals surface area contributed by atoms with Crippen LogP contribution in [-0.4, -0.2) is 51.2 Å². The number of fused-ring (bicyclic) bond motifs is 1. The number of benzene rings is 1. The Kier molecular flexibility index (Phi) is 6.46. The van der Waals surface area contributed by atoms with Crippen molar-refractivity contribution in [2.45, 2.75) is 6.92 Å². The summed E-state index contributed by atoms with van der Waals surface area (Å²) in [7, 11) is 0. The zero-order valence-electron chi connectivity index (χ0n) is 13.7. The normalized spacial score (nSPS) is 13.5. The van der Waals surface area contributed by atoms with Gasteiger partial charge in [0.1, 0.15) is 13.2 Å². The van der Waals surface area contributed by atoms with Crippen LogP contribution in [0.3, 0.4) is 0 Å². The number of nitrogens with one attached hydrogen (secondary N) is 3. The SMILES string of the molecule is C#CCNC(=O)C[NH+](CC)CC(=O)Nc1ccc2c(c1)OCCO2. The summed E-state index contributed by atoms with van der Waals surface area (Å²) in [4.78, 5) is 24.7. The minimum atomic E-state index is -0.173. The molecule has 0 fully saturated rings. The second kappa shape index (κ2) is 8.79. The van der Waals surface area contributed by atoms with Crippen molar-refractivity contribution in [1.82, 2.24) is 5.32 Å². The molecule has 128 valence electrons. The van der Waals surface area contributed by atoms with E-state index in [0.29, 0.717) is 36.9 Å². The summed E-state index contributed by atoms with van der Waals surface area (Å²) in [5, 5.41) is 5.41. The second-order valence-corrected chi connectivity index (χ2v) is 5.34. The molecule has 0 saturated heterocycles. The Morgan fingerprint density at radius 3 is 2.62 bits per heavy atom. The molecule has 0 aromatic heterocycles. The molecule has 1 heterocycles. The Morgan fingerprint density at radius 2 is 1.92 bits per heavy atom. The van der Waals surface area contributed by atoms with Crippen LogP contribution < -0.4 is 25.0 Å². The van der Waals surface area contributed by atoms with Crippen LogP contribution in [0.1, 0.15) is 6.92 Å². The molecule has 2 rings (SSSR count). The van der Waals surface area contributed by atoms with Gasteiger partial charge in [0.15, 0.2) is 24.6 Å². The molecule has 1 aromatic rings. The number of terminal acetylenes is 1. The lowest BCUT2D eigenvalue weighted by molar-refractivity contribution is -0.881. The van der Waals surface area contributed by atoms with Crippen molar-refractivity contribution in [3.63, 3.8) is 0 Å². The number of rotatable bonds is 7. The fourth-order valence-electron chi connectivity index (χ4n) is 2.31. The molecule has 1 aliphatic heterocycles. The van der Waals surface area contributed by atoms with Gasteiger partial charge in [0.25, 0.3) is 11.8 Å². The first-order valence-corrected chi connectivity index (χ1v) is 7.85. The van der Waals surface area contributed by atoms with Crippen LogP contribution in [0.25, 0.3) is 0 Å². The summed E-state index contributed by atoms with van der Waals surface area (Å²) in [5.74, 6) is 3.29. The lowest BCUT2D eigenvalue weighted by atomic mass is 10.2. The molecule has 0 bridgehead atoms. The molecular weight excluding hydrogens is 310 g/mol. The minimum Gasteiger partial charge on any atom is -0.486 e. The lowest BCUT2D eigenvalue weighted by Crippen LogP contribution is -3.14. The van der Waals surface area contributed by atoms with Crippen LogP contribution in [0, 0.1) is 12.3 Å². The largest absolute Gasteiger partial charge is 0.486 e. The molecule has 1 atom stereocenters. The van der Waals surface area contributed by atoms with Crippen LogP contribution in [0.2, 0.25) is 0 Å². The van der Waals surface area contributed by atoms with Gasteiger partial charge in [0, 0.05) is 11.8 Å². The molecule has 0 aliphatic carbocycles. The van der Waals surface area contributed by atoms with E-state index in [1.54, 1.807) is 18.2 Å². The number of likely N-dealkylation sites (N-methyl/N-ethyl adjacent to an activating group) is 1. The fourth-order valence-corrected chi connectivity index (χ4v) is 2.31. The van der Waals surface area contributed by atoms with Crippen molar-refractivity contribution >= 4 is 17.5 Å². The van der Waals surface area contributed by atoms with E-state index in [-0.39, 0.29) is 31.4 Å². The van der Waals surface area contributed by atoms with Crippen molar-refractivity contribution < 1.29 is 24.0 Å². The Bertz CT molecular complexity index is 639. The predicted molar refractivity (Wildman–Crippen MR) is 89.1 cm³/mol. The van der Waals surface area contributed by atoms with Crippen LogP contribution in [0.4, 0.5) is 5.69 Å². The average Bonchev–Trinajstić information content (AvgIpc) is 2.59. The topological polar surface area (TPSA) is 81.1 Å². The summed E-state index contributed by atoms with van der Waals surface area (Å²) < 4.78 is 10.9. The molecular formula is C17H22N3O4+. The molecule has 2 amide bonds. The minimum absolute atomic E-state index is 0.170. The number of quaternary nitrogens is 1. The Hall–Kier alpha value is -2.72. The standard InChI is InChI=1S/C17H21N3O4/c1-3-7-18-16(21)11-20(4-2)12-17(22)19-13-5-6-14-15(10-13)24-9-8-23-14/h1,5-6,10H,4,7-9,11-12H2,2H3,(H,18,21)(H,19,22)/p+1. The van der Waals surface area contributed by atoms with E-state index >= 15 is 0 Å². The summed E-state index contributed by atoms with van der Waals surface area (Å²) in [6.45, 7) is 4.17. The van der Waals surface area contributed by atoms with Crippen molar-refractivity contribution in [2.24, 2.45) is 0 Å². The summed E-state index contributed by atoms with van der Waals surface area (Å²) in [6.07, 6.45) is 5.10. The number of hydrogen-bond acceptors (Lipinski definition) is 4. The first kappa shape index (κ1) is 17.6. The van der Waals surface area contributed by atoms with Gasteiger partial charge in [-0.2, -0.15) is 0 Å². The first-order chi connectivity index (χ1) is 11.6. The van der Waals surface area contributed by atoms with Gasteiger partial charge in [-0.05, 0) is 19.1 Å². The van der Waals surface area contributed by atoms with Crippen molar-refractivity contribution in [3.05, 3.63) is 18.2 Å². The van der Waals surface area contributed by atoms with Gasteiger partial charge >= 0.3 is 0 Å². The third-order valence-electron chi connectivity index (χ3n) is 3.53. The first-order valence-electron chi connectivity index (χ1n) is 7.85. The zero-order valence-corrected chi connectivity index (χ0v) is 13.7. The van der Waals surface area contributed by atoms with E-state index in [0.717, 1.165) is 4.90 Å². The molecule has 1 aromatic carbocycles. The molecule has 1 unspecified atom stereocenters. The third-order valence-corrected chi connectivity index (χ3v) is 3.53. The number of anilines is 1. The molecule has 3 N–H and O–H groups in total. The molecule has 24 heavy (non-hydrogen) atoms. The van der Waals surface area contributed by atoms with Gasteiger partial charge in [-0.3, -0.25) is 9.59 Å². The smallest absolute Gasteiger partial charge is 0.279 e. The van der Waals surface area contributed by atoms with Crippen LogP contribution in [0.5, 0.6) is 11.5 Å². The van der Waals surface area contributed by atoms with Crippen LogP contribution in [0.15, 0.2) is 18.2 Å². The molecule has 0 saturated carbocycles. The molecule has 0 radical (unpaired) electrons. The quantitative estimate of drug-likeness (QED) is 0.563. The number of ether oxygens (including phenoxy) is 2. The number of carbonyl (C=O) groups is 2. The highest BCUT2D eigenvalue weighted by molar-refractivity contribution is 5.92. The van der Waals surface area contributed by atoms with Gasteiger partial charge in [0.2, 0.25) is 0 Å². The maximum atomic E-state index is 12.2. The van der Waals surface area contributed by atoms with E-state index in [2.05, 4.69) is 16.6 Å². The Morgan fingerprint density at radius 1 is 1.21 bits per heavy atom. The van der Waals surface area contributed by atoms with Gasteiger partial charge in [-0.1, -0.05) is 5.92 Å². The van der Waals surface area contributed by atoms with E-state index < -0.39 is 0 Å². The molecule has 7 nitrogen and oxygen atoms in total. The van der Waals surface area contributed by atoms with Gasteiger partial charge in [-0.25, -0.2) is 0 Å². The summed E-state index contributed by atoms with van der Waals surface area (Å²) >= 11 is 0. The predicted octanol–water partition coefficient (Wildman–Crippen LogP) is -0.949. The number of amides is 2. The van der Waals surface area contributed by atoms with E-state index in [1.807, 2.05) is 6.92 Å². The maximum Gasteiger partial charge on any atom is 0.279 e. The molecule has 0 spiro atoms.